The Morgan fingerprint density at radius 2 is 2.29 bits per heavy atom. The fourth-order valence-corrected chi connectivity index (χ4v) is 1.31. The normalized spacial score (nSPS) is 16.4. The van der Waals surface area contributed by atoms with E-state index < -0.39 is 10.8 Å². The van der Waals surface area contributed by atoms with Crippen LogP contribution in [0.2, 0.25) is 0 Å². The van der Waals surface area contributed by atoms with Crippen LogP contribution in [0.25, 0.3) is 0 Å². The summed E-state index contributed by atoms with van der Waals surface area (Å²) in [5, 5.41) is 3.21. The van der Waals surface area contributed by atoms with Crippen molar-refractivity contribution in [3.05, 3.63) is 0 Å². The zero-order chi connectivity index (χ0) is 11.0. The van der Waals surface area contributed by atoms with Crippen LogP contribution in [0.1, 0.15) is 26.7 Å². The monoisotopic (exact) mass is 219 g/mol. The van der Waals surface area contributed by atoms with Gasteiger partial charge in [0.05, 0.1) is 0 Å². The van der Waals surface area contributed by atoms with E-state index in [2.05, 4.69) is 17.2 Å². The second-order valence-corrected chi connectivity index (χ2v) is 5.09. The van der Waals surface area contributed by atoms with Crippen LogP contribution in [-0.4, -0.2) is 34.8 Å². The van der Waals surface area contributed by atoms with Gasteiger partial charge in [0.25, 0.3) is 0 Å². The largest absolute Gasteiger partial charge is 0.370 e. The van der Waals surface area contributed by atoms with Gasteiger partial charge in [-0.3, -0.25) is 9.20 Å². The van der Waals surface area contributed by atoms with Crippen molar-refractivity contribution in [2.24, 2.45) is 10.7 Å². The molecule has 0 aromatic rings. The van der Waals surface area contributed by atoms with Gasteiger partial charge < -0.3 is 11.1 Å². The Labute approximate surface area is 88.8 Å². The van der Waals surface area contributed by atoms with E-state index >= 15 is 0 Å². The molecule has 0 amide bonds. The molecule has 0 aliphatic carbocycles. The van der Waals surface area contributed by atoms with E-state index in [4.69, 9.17) is 5.73 Å². The van der Waals surface area contributed by atoms with E-state index in [0.29, 0.717) is 5.96 Å². The Kier molecular flexibility index (Phi) is 7.47. The summed E-state index contributed by atoms with van der Waals surface area (Å²) in [7, 11) is -0.751. The molecule has 0 aliphatic heterocycles. The minimum absolute atomic E-state index is 0.210. The quantitative estimate of drug-likeness (QED) is 0.504. The van der Waals surface area contributed by atoms with Crippen LogP contribution in [0, 0.1) is 0 Å². The Balaban J connectivity index is 3.58. The van der Waals surface area contributed by atoms with Gasteiger partial charge in [0.15, 0.2) is 5.96 Å². The summed E-state index contributed by atoms with van der Waals surface area (Å²) in [5.41, 5.74) is 5.59. The van der Waals surface area contributed by atoms with Gasteiger partial charge in [-0.2, -0.15) is 0 Å². The van der Waals surface area contributed by atoms with Crippen molar-refractivity contribution in [2.75, 3.05) is 19.3 Å². The SMILES string of the molecule is CCCN=C(N)NCCC(C)S(C)=O. The number of hydrogen-bond acceptors (Lipinski definition) is 2. The van der Waals surface area contributed by atoms with Crippen molar-refractivity contribution >= 4 is 16.8 Å². The highest BCUT2D eigenvalue weighted by atomic mass is 32.2. The lowest BCUT2D eigenvalue weighted by atomic mass is 10.3. The Morgan fingerprint density at radius 3 is 2.79 bits per heavy atom. The van der Waals surface area contributed by atoms with Crippen LogP contribution in [0.4, 0.5) is 0 Å². The average Bonchev–Trinajstić information content (AvgIpc) is 2.14. The van der Waals surface area contributed by atoms with Gasteiger partial charge >= 0.3 is 0 Å². The molecule has 2 atom stereocenters. The standard InChI is InChI=1S/C9H21N3OS/c1-4-6-11-9(10)12-7-5-8(2)14(3)13/h8H,4-7H2,1-3H3,(H3,10,11,12). The minimum Gasteiger partial charge on any atom is -0.370 e. The van der Waals surface area contributed by atoms with Crippen LogP contribution in [0.15, 0.2) is 4.99 Å². The molecule has 0 heterocycles. The molecule has 0 aromatic heterocycles. The number of guanidine groups is 1. The molecule has 0 fully saturated rings. The Hall–Kier alpha value is -0.580. The van der Waals surface area contributed by atoms with Gasteiger partial charge in [-0.05, 0) is 12.8 Å². The first-order chi connectivity index (χ1) is 6.57. The lowest BCUT2D eigenvalue weighted by Crippen LogP contribution is -2.34. The summed E-state index contributed by atoms with van der Waals surface area (Å²) in [5.74, 6) is 0.487. The van der Waals surface area contributed by atoms with E-state index in [1.54, 1.807) is 6.26 Å². The van der Waals surface area contributed by atoms with E-state index in [-0.39, 0.29) is 5.25 Å². The third-order valence-corrected chi connectivity index (χ3v) is 3.30. The van der Waals surface area contributed by atoms with Crippen molar-refractivity contribution < 1.29 is 4.21 Å². The molecule has 4 nitrogen and oxygen atoms in total. The van der Waals surface area contributed by atoms with Crippen molar-refractivity contribution in [3.63, 3.8) is 0 Å². The molecule has 0 radical (unpaired) electrons. The molecule has 5 heteroatoms. The molecule has 0 aromatic carbocycles. The molecular weight excluding hydrogens is 198 g/mol. The van der Waals surface area contributed by atoms with E-state index in [9.17, 15) is 4.21 Å². The average molecular weight is 219 g/mol. The summed E-state index contributed by atoms with van der Waals surface area (Å²) >= 11 is 0. The zero-order valence-corrected chi connectivity index (χ0v) is 10.1. The fraction of sp³-hybridized carbons (Fsp3) is 0.889. The predicted molar refractivity (Wildman–Crippen MR) is 62.9 cm³/mol. The van der Waals surface area contributed by atoms with E-state index in [1.165, 1.54) is 0 Å². The van der Waals surface area contributed by atoms with Crippen LogP contribution in [0.5, 0.6) is 0 Å². The van der Waals surface area contributed by atoms with Crippen molar-refractivity contribution in [3.8, 4) is 0 Å². The highest BCUT2D eigenvalue weighted by Crippen LogP contribution is 1.96. The summed E-state index contributed by atoms with van der Waals surface area (Å²) in [6, 6.07) is 0. The molecule has 0 rings (SSSR count). The second-order valence-electron chi connectivity index (χ2n) is 3.29. The maximum absolute atomic E-state index is 11.0. The van der Waals surface area contributed by atoms with Gasteiger partial charge in [0, 0.05) is 35.4 Å². The number of rotatable bonds is 6. The molecule has 0 saturated heterocycles. The summed E-state index contributed by atoms with van der Waals surface area (Å²) in [6.45, 7) is 5.52. The van der Waals surface area contributed by atoms with E-state index in [1.807, 2.05) is 6.92 Å². The summed E-state index contributed by atoms with van der Waals surface area (Å²) in [6.07, 6.45) is 3.57. The van der Waals surface area contributed by atoms with Crippen molar-refractivity contribution in [1.82, 2.24) is 5.32 Å². The first-order valence-corrected chi connectivity index (χ1v) is 6.56. The molecule has 0 bridgehead atoms. The maximum Gasteiger partial charge on any atom is 0.188 e. The lowest BCUT2D eigenvalue weighted by molar-refractivity contribution is 0.665. The van der Waals surface area contributed by atoms with Crippen LogP contribution in [0.3, 0.4) is 0 Å². The number of nitrogens with two attached hydrogens (primary N) is 1. The number of aliphatic imine (C=N–C) groups is 1. The van der Waals surface area contributed by atoms with Crippen LogP contribution >= 0.6 is 0 Å². The van der Waals surface area contributed by atoms with Gasteiger partial charge in [-0.1, -0.05) is 13.8 Å². The Bertz CT molecular complexity index is 206. The second kappa shape index (κ2) is 7.79. The number of nitrogens with one attached hydrogen (secondary N) is 1. The summed E-state index contributed by atoms with van der Waals surface area (Å²) in [4.78, 5) is 4.09. The van der Waals surface area contributed by atoms with Crippen LogP contribution in [-0.2, 0) is 10.8 Å². The predicted octanol–water partition coefficient (Wildman–Crippen LogP) is 0.458. The highest BCUT2D eigenvalue weighted by molar-refractivity contribution is 7.84. The molecule has 84 valence electrons. The van der Waals surface area contributed by atoms with Gasteiger partial charge in [-0.15, -0.1) is 0 Å². The van der Waals surface area contributed by atoms with Gasteiger partial charge in [0.2, 0.25) is 0 Å². The molecule has 0 saturated carbocycles. The zero-order valence-electron chi connectivity index (χ0n) is 9.25. The highest BCUT2D eigenvalue weighted by Gasteiger charge is 2.04. The van der Waals surface area contributed by atoms with Crippen molar-refractivity contribution in [1.29, 1.82) is 0 Å². The fourth-order valence-electron chi connectivity index (χ4n) is 0.858. The van der Waals surface area contributed by atoms with Crippen LogP contribution < -0.4 is 11.1 Å². The first-order valence-electron chi connectivity index (χ1n) is 4.94. The minimum atomic E-state index is -0.751. The Morgan fingerprint density at radius 1 is 1.64 bits per heavy atom. The van der Waals surface area contributed by atoms with Crippen molar-refractivity contribution in [2.45, 2.75) is 31.9 Å². The third kappa shape index (κ3) is 6.88. The van der Waals surface area contributed by atoms with E-state index in [0.717, 1.165) is 25.9 Å². The topological polar surface area (TPSA) is 67.5 Å². The molecule has 14 heavy (non-hydrogen) atoms. The number of nitrogens with zero attached hydrogens (tertiary/aromatic N) is 1. The summed E-state index contributed by atoms with van der Waals surface area (Å²) < 4.78 is 11.0. The smallest absolute Gasteiger partial charge is 0.188 e. The van der Waals surface area contributed by atoms with Gasteiger partial charge in [0.1, 0.15) is 0 Å². The molecular formula is C9H21N3OS. The van der Waals surface area contributed by atoms with Gasteiger partial charge in [-0.25, -0.2) is 0 Å². The maximum atomic E-state index is 11.0. The molecule has 0 spiro atoms. The third-order valence-electron chi connectivity index (χ3n) is 1.93. The molecule has 2 unspecified atom stereocenters. The number of hydrogen-bond donors (Lipinski definition) is 2. The first kappa shape index (κ1) is 13.4. The molecule has 0 aliphatic rings. The molecule has 3 N–H and O–H groups in total. The lowest BCUT2D eigenvalue weighted by Gasteiger charge is -2.09.